The van der Waals surface area contributed by atoms with Crippen LogP contribution in [0, 0.1) is 0 Å². The molecule has 2 aromatic carbocycles. The van der Waals surface area contributed by atoms with Gasteiger partial charge in [0.05, 0.1) is 18.5 Å². The van der Waals surface area contributed by atoms with Crippen molar-refractivity contribution in [1.29, 1.82) is 0 Å². The Bertz CT molecular complexity index is 953. The van der Waals surface area contributed by atoms with Gasteiger partial charge in [0, 0.05) is 37.1 Å². The Morgan fingerprint density at radius 1 is 1.12 bits per heavy atom. The van der Waals surface area contributed by atoms with E-state index in [1.807, 2.05) is 19.3 Å². The number of aryl methyl sites for hydroxylation is 1. The molecule has 0 saturated carbocycles. The van der Waals surface area contributed by atoms with Crippen LogP contribution >= 0.6 is 0 Å². The van der Waals surface area contributed by atoms with Crippen LogP contribution in [0.1, 0.15) is 5.56 Å². The molecule has 0 spiro atoms. The summed E-state index contributed by atoms with van der Waals surface area (Å²) in [5, 5.41) is 10.9. The molecule has 0 bridgehead atoms. The number of hydrogen-bond acceptors (Lipinski definition) is 4. The van der Waals surface area contributed by atoms with Gasteiger partial charge in [-0.3, -0.25) is 0 Å². The van der Waals surface area contributed by atoms with Crippen LogP contribution in [0.3, 0.4) is 0 Å². The maximum absolute atomic E-state index is 4.63. The average molecular weight is 331 g/mol. The number of rotatable bonds is 3. The smallest absolute Gasteiger partial charge is 0.214 e. The van der Waals surface area contributed by atoms with E-state index in [-0.39, 0.29) is 0 Å². The number of benzene rings is 2. The molecule has 0 saturated heterocycles. The Morgan fingerprint density at radius 3 is 2.64 bits per heavy atom. The first-order chi connectivity index (χ1) is 12.3. The van der Waals surface area contributed by atoms with Crippen LogP contribution in [0.25, 0.3) is 22.2 Å². The van der Waals surface area contributed by atoms with Crippen molar-refractivity contribution in [2.24, 2.45) is 17.1 Å². The molecule has 5 heteroatoms. The number of guanidine groups is 1. The molecular weight excluding hydrogens is 310 g/mol. The van der Waals surface area contributed by atoms with E-state index >= 15 is 0 Å². The van der Waals surface area contributed by atoms with Gasteiger partial charge < -0.3 is 9.88 Å². The quantitative estimate of drug-likeness (QED) is 0.592. The number of aromatic nitrogens is 1. The molecule has 3 aromatic rings. The summed E-state index contributed by atoms with van der Waals surface area (Å²) in [5.41, 5.74) is 4.67. The van der Waals surface area contributed by atoms with Crippen molar-refractivity contribution in [2.45, 2.75) is 0 Å². The molecule has 0 amide bonds. The van der Waals surface area contributed by atoms with Crippen molar-refractivity contribution in [2.75, 3.05) is 20.1 Å². The summed E-state index contributed by atoms with van der Waals surface area (Å²) in [6, 6.07) is 18.9. The summed E-state index contributed by atoms with van der Waals surface area (Å²) in [6.07, 6.45) is 1.94. The van der Waals surface area contributed by atoms with E-state index < -0.39 is 0 Å². The number of aliphatic imine (C=N–C) groups is 1. The Hall–Kier alpha value is -3.08. The Morgan fingerprint density at radius 2 is 1.88 bits per heavy atom. The maximum atomic E-state index is 4.63. The van der Waals surface area contributed by atoms with Crippen molar-refractivity contribution in [3.8, 4) is 11.3 Å². The summed E-state index contributed by atoms with van der Waals surface area (Å²) < 4.78 is 2.23. The molecule has 5 nitrogen and oxygen atoms in total. The second kappa shape index (κ2) is 6.43. The number of hydrazone groups is 1. The number of fused-ring (bicyclic) bond motifs is 1. The third-order valence-electron chi connectivity index (χ3n) is 4.52. The van der Waals surface area contributed by atoms with E-state index in [1.165, 1.54) is 22.2 Å². The summed E-state index contributed by atoms with van der Waals surface area (Å²) in [6.45, 7) is 1.68. The fraction of sp³-hybridized carbons (Fsp3) is 0.200. The van der Waals surface area contributed by atoms with Crippen LogP contribution < -0.4 is 5.32 Å². The van der Waals surface area contributed by atoms with Gasteiger partial charge in [0.25, 0.3) is 0 Å². The molecule has 1 aliphatic rings. The van der Waals surface area contributed by atoms with Gasteiger partial charge in [-0.25, -0.2) is 10.0 Å². The van der Waals surface area contributed by atoms with E-state index in [0.717, 1.165) is 24.6 Å². The van der Waals surface area contributed by atoms with Gasteiger partial charge in [-0.2, -0.15) is 5.10 Å². The first kappa shape index (κ1) is 15.4. The summed E-state index contributed by atoms with van der Waals surface area (Å²) >= 11 is 0. The van der Waals surface area contributed by atoms with E-state index in [4.69, 9.17) is 0 Å². The fourth-order valence-electron chi connectivity index (χ4n) is 3.30. The number of nitrogens with zero attached hydrogens (tertiary/aromatic N) is 4. The minimum Gasteiger partial charge on any atom is -0.353 e. The normalized spacial score (nSPS) is 14.1. The van der Waals surface area contributed by atoms with E-state index in [0.29, 0.717) is 0 Å². The van der Waals surface area contributed by atoms with Crippen molar-refractivity contribution in [1.82, 2.24) is 14.9 Å². The molecule has 0 radical (unpaired) electrons. The third kappa shape index (κ3) is 2.78. The Kier molecular flexibility index (Phi) is 3.98. The van der Waals surface area contributed by atoms with E-state index in [1.54, 1.807) is 5.01 Å². The molecule has 126 valence electrons. The molecule has 1 N–H and O–H groups in total. The standard InChI is InChI=1S/C20H21N5/c1-24-18-11-7-6-10-16(18)17(19(24)15-8-4-3-5-9-15)14-23-25(2)20-21-12-13-22-20/h3-11,14H,12-13H2,1-2H3,(H,21,22). The lowest BCUT2D eigenvalue weighted by Crippen LogP contribution is -2.32. The minimum atomic E-state index is 0.804. The average Bonchev–Trinajstić information content (AvgIpc) is 3.28. The first-order valence-electron chi connectivity index (χ1n) is 8.44. The van der Waals surface area contributed by atoms with Gasteiger partial charge in [0.2, 0.25) is 5.96 Å². The second-order valence-corrected chi connectivity index (χ2v) is 6.10. The first-order valence-corrected chi connectivity index (χ1v) is 8.44. The van der Waals surface area contributed by atoms with Crippen molar-refractivity contribution in [3.05, 3.63) is 60.2 Å². The zero-order valence-corrected chi connectivity index (χ0v) is 14.5. The Labute approximate surface area is 147 Å². The number of para-hydroxylation sites is 1. The van der Waals surface area contributed by atoms with Crippen LogP contribution in [0.4, 0.5) is 0 Å². The highest BCUT2D eigenvalue weighted by Gasteiger charge is 2.15. The zero-order valence-electron chi connectivity index (χ0n) is 14.5. The van der Waals surface area contributed by atoms with Crippen molar-refractivity contribution >= 4 is 23.1 Å². The van der Waals surface area contributed by atoms with Crippen LogP contribution in [-0.4, -0.2) is 41.9 Å². The second-order valence-electron chi connectivity index (χ2n) is 6.10. The van der Waals surface area contributed by atoms with Gasteiger partial charge in [0.1, 0.15) is 0 Å². The SMILES string of the molecule is CN(N=Cc1c(-c2ccccc2)n(C)c2ccccc12)C1=NCCN1. The highest BCUT2D eigenvalue weighted by Crippen LogP contribution is 2.31. The predicted octanol–water partition coefficient (Wildman–Crippen LogP) is 3.07. The molecule has 0 fully saturated rings. The van der Waals surface area contributed by atoms with E-state index in [2.05, 4.69) is 75.6 Å². The zero-order chi connectivity index (χ0) is 17.2. The molecule has 0 aliphatic carbocycles. The monoisotopic (exact) mass is 331 g/mol. The van der Waals surface area contributed by atoms with Crippen molar-refractivity contribution in [3.63, 3.8) is 0 Å². The number of hydrogen-bond donors (Lipinski definition) is 1. The third-order valence-corrected chi connectivity index (χ3v) is 4.52. The van der Waals surface area contributed by atoms with Crippen LogP contribution in [0.2, 0.25) is 0 Å². The maximum Gasteiger partial charge on any atom is 0.214 e. The topological polar surface area (TPSA) is 44.9 Å². The largest absolute Gasteiger partial charge is 0.353 e. The highest BCUT2D eigenvalue weighted by atomic mass is 15.5. The summed E-state index contributed by atoms with van der Waals surface area (Å²) in [5.74, 6) is 0.817. The minimum absolute atomic E-state index is 0.804. The van der Waals surface area contributed by atoms with Gasteiger partial charge >= 0.3 is 0 Å². The van der Waals surface area contributed by atoms with Crippen molar-refractivity contribution < 1.29 is 0 Å². The highest BCUT2D eigenvalue weighted by molar-refractivity contribution is 6.06. The fourth-order valence-corrected chi connectivity index (χ4v) is 3.30. The molecule has 0 atom stereocenters. The molecule has 25 heavy (non-hydrogen) atoms. The van der Waals surface area contributed by atoms with Gasteiger partial charge in [0.15, 0.2) is 0 Å². The lowest BCUT2D eigenvalue weighted by Gasteiger charge is -2.12. The van der Waals surface area contributed by atoms with Crippen LogP contribution in [0.15, 0.2) is 64.7 Å². The molecule has 2 heterocycles. The van der Waals surface area contributed by atoms with Crippen LogP contribution in [-0.2, 0) is 7.05 Å². The van der Waals surface area contributed by atoms with Gasteiger partial charge in [-0.15, -0.1) is 0 Å². The van der Waals surface area contributed by atoms with E-state index in [9.17, 15) is 0 Å². The Balaban J connectivity index is 1.84. The van der Waals surface area contributed by atoms with Crippen LogP contribution in [0.5, 0.6) is 0 Å². The van der Waals surface area contributed by atoms with Gasteiger partial charge in [-0.1, -0.05) is 48.5 Å². The lowest BCUT2D eigenvalue weighted by molar-refractivity contribution is 0.531. The molecule has 4 rings (SSSR count). The number of nitrogens with one attached hydrogen (secondary N) is 1. The summed E-state index contributed by atoms with van der Waals surface area (Å²) in [7, 11) is 4.02. The molecule has 1 aromatic heterocycles. The molecule has 0 unspecified atom stereocenters. The van der Waals surface area contributed by atoms with Gasteiger partial charge in [-0.05, 0) is 11.6 Å². The molecule has 1 aliphatic heterocycles. The molecular formula is C20H21N5. The lowest BCUT2D eigenvalue weighted by atomic mass is 10.1. The predicted molar refractivity (Wildman–Crippen MR) is 104 cm³/mol. The summed E-state index contributed by atoms with van der Waals surface area (Å²) in [4.78, 5) is 4.41.